The number of nitrogens with zero attached hydrogens (tertiary/aromatic N) is 5. The van der Waals surface area contributed by atoms with Gasteiger partial charge in [-0.2, -0.15) is 13.2 Å². The first-order chi connectivity index (χ1) is 12.4. The third-order valence-electron chi connectivity index (χ3n) is 4.83. The lowest BCUT2D eigenvalue weighted by Crippen LogP contribution is -2.45. The number of piperidine rings is 1. The molecule has 3 heterocycles. The van der Waals surface area contributed by atoms with Crippen LogP contribution in [0.25, 0.3) is 11.2 Å². The fraction of sp³-hybridized carbons (Fsp3) is 0.625. The number of nitrogens with one attached hydrogen (secondary N) is 1. The van der Waals surface area contributed by atoms with E-state index in [4.69, 9.17) is 0 Å². The Morgan fingerprint density at radius 2 is 2.04 bits per heavy atom. The molecule has 0 radical (unpaired) electrons. The Morgan fingerprint density at radius 1 is 1.23 bits per heavy atom. The summed E-state index contributed by atoms with van der Waals surface area (Å²) in [5.74, 6) is -0.426. The summed E-state index contributed by atoms with van der Waals surface area (Å²) in [5.41, 5.74) is 1.44. The molecule has 7 nitrogen and oxygen atoms in total. The molecule has 1 saturated heterocycles. The lowest BCUT2D eigenvalue weighted by atomic mass is 9.97. The van der Waals surface area contributed by atoms with E-state index in [1.807, 2.05) is 14.8 Å². The first-order valence-corrected chi connectivity index (χ1v) is 8.69. The second-order valence-electron chi connectivity index (χ2n) is 6.87. The van der Waals surface area contributed by atoms with Crippen molar-refractivity contribution in [1.82, 2.24) is 24.8 Å². The number of fused-ring (bicyclic) bond motifs is 1. The fourth-order valence-corrected chi connectivity index (χ4v) is 3.41. The Balaban J connectivity index is 1.51. The molecule has 26 heavy (non-hydrogen) atoms. The van der Waals surface area contributed by atoms with Gasteiger partial charge >= 0.3 is 6.18 Å². The van der Waals surface area contributed by atoms with Gasteiger partial charge < -0.3 is 14.8 Å². The number of carbonyl (C=O) groups excluding carboxylic acids is 1. The number of carbonyl (C=O) groups is 1. The standard InChI is InChI=1S/C16H19F3N6O/c17-16(18,19)7-20-15(26)10-2-1-5-24(6-10)13-12-14(22-8-21-13)25(9-23-12)11-3-4-11/h8-11H,1-7H2,(H,20,26)/t10-/m1/s1. The number of rotatable bonds is 4. The number of imidazole rings is 1. The maximum atomic E-state index is 12.3. The van der Waals surface area contributed by atoms with Gasteiger partial charge in [-0.3, -0.25) is 4.79 Å². The lowest BCUT2D eigenvalue weighted by Gasteiger charge is -2.32. The number of alkyl halides is 3. The SMILES string of the molecule is O=C(NCC(F)(F)F)[C@@H]1CCCN(c2ncnc3c2ncn3C2CC2)C1. The van der Waals surface area contributed by atoms with Crippen LogP contribution in [0.3, 0.4) is 0 Å². The van der Waals surface area contributed by atoms with Crippen LogP contribution in [0.4, 0.5) is 19.0 Å². The molecule has 2 fully saturated rings. The molecule has 1 aliphatic carbocycles. The minimum atomic E-state index is -4.40. The molecule has 140 valence electrons. The molecule has 10 heteroatoms. The van der Waals surface area contributed by atoms with Crippen LogP contribution in [-0.2, 0) is 4.79 Å². The number of halogens is 3. The normalized spacial score (nSPS) is 21.2. The van der Waals surface area contributed by atoms with Crippen molar-refractivity contribution in [3.63, 3.8) is 0 Å². The zero-order chi connectivity index (χ0) is 18.3. The molecule has 0 aromatic carbocycles. The Hall–Kier alpha value is -2.39. The van der Waals surface area contributed by atoms with Crippen molar-refractivity contribution in [1.29, 1.82) is 0 Å². The van der Waals surface area contributed by atoms with Crippen molar-refractivity contribution in [2.75, 3.05) is 24.5 Å². The van der Waals surface area contributed by atoms with E-state index in [-0.39, 0.29) is 0 Å². The first kappa shape index (κ1) is 17.0. The second-order valence-corrected chi connectivity index (χ2v) is 6.87. The quantitative estimate of drug-likeness (QED) is 0.894. The van der Waals surface area contributed by atoms with Crippen LogP contribution in [0.1, 0.15) is 31.7 Å². The molecule has 0 bridgehead atoms. The first-order valence-electron chi connectivity index (χ1n) is 8.69. The van der Waals surface area contributed by atoms with Gasteiger partial charge in [-0.05, 0) is 25.7 Å². The summed E-state index contributed by atoms with van der Waals surface area (Å²) in [6.07, 6.45) is 2.32. The number of hydrogen-bond acceptors (Lipinski definition) is 5. The van der Waals surface area contributed by atoms with Crippen molar-refractivity contribution in [3.8, 4) is 0 Å². The largest absolute Gasteiger partial charge is 0.405 e. The summed E-state index contributed by atoms with van der Waals surface area (Å²) in [7, 11) is 0. The average Bonchev–Trinajstić information content (AvgIpc) is 3.37. The number of hydrogen-bond donors (Lipinski definition) is 1. The molecular weight excluding hydrogens is 349 g/mol. The van der Waals surface area contributed by atoms with E-state index < -0.39 is 24.5 Å². The predicted molar refractivity (Wildman–Crippen MR) is 87.6 cm³/mol. The predicted octanol–water partition coefficient (Wildman–Crippen LogP) is 2.06. The van der Waals surface area contributed by atoms with Crippen LogP contribution in [0.15, 0.2) is 12.7 Å². The van der Waals surface area contributed by atoms with E-state index in [0.717, 1.165) is 18.5 Å². The van der Waals surface area contributed by atoms with Crippen LogP contribution >= 0.6 is 0 Å². The van der Waals surface area contributed by atoms with Crippen LogP contribution in [0.5, 0.6) is 0 Å². The summed E-state index contributed by atoms with van der Waals surface area (Å²) in [5, 5.41) is 1.99. The Morgan fingerprint density at radius 3 is 2.77 bits per heavy atom. The minimum absolute atomic E-state index is 0.325. The molecule has 2 aromatic rings. The van der Waals surface area contributed by atoms with E-state index in [9.17, 15) is 18.0 Å². The highest BCUT2D eigenvalue weighted by molar-refractivity contribution is 5.84. The highest BCUT2D eigenvalue weighted by atomic mass is 19.4. The van der Waals surface area contributed by atoms with Crippen molar-refractivity contribution in [3.05, 3.63) is 12.7 Å². The molecule has 1 N–H and O–H groups in total. The average molecular weight is 368 g/mol. The summed E-state index contributed by atoms with van der Waals surface area (Å²) in [6, 6.07) is 0.435. The van der Waals surface area contributed by atoms with Crippen LogP contribution in [0, 0.1) is 5.92 Å². The molecule has 1 saturated carbocycles. The molecule has 4 rings (SSSR count). The van der Waals surface area contributed by atoms with E-state index in [0.29, 0.717) is 43.3 Å². The molecule has 1 aliphatic heterocycles. The molecule has 0 spiro atoms. The number of anilines is 1. The van der Waals surface area contributed by atoms with Gasteiger partial charge in [0.05, 0.1) is 12.2 Å². The van der Waals surface area contributed by atoms with Crippen molar-refractivity contribution in [2.24, 2.45) is 5.92 Å². The minimum Gasteiger partial charge on any atom is -0.354 e. The van der Waals surface area contributed by atoms with Crippen LogP contribution in [0.2, 0.25) is 0 Å². The van der Waals surface area contributed by atoms with Gasteiger partial charge in [0.1, 0.15) is 12.9 Å². The van der Waals surface area contributed by atoms with Gasteiger partial charge in [-0.1, -0.05) is 0 Å². The maximum Gasteiger partial charge on any atom is 0.405 e. The van der Waals surface area contributed by atoms with Gasteiger partial charge in [0, 0.05) is 19.1 Å². The van der Waals surface area contributed by atoms with Gasteiger partial charge in [0.15, 0.2) is 17.0 Å². The van der Waals surface area contributed by atoms with E-state index in [2.05, 4.69) is 15.0 Å². The molecular formula is C16H19F3N6O. The molecule has 1 atom stereocenters. The van der Waals surface area contributed by atoms with Crippen LogP contribution < -0.4 is 10.2 Å². The highest BCUT2D eigenvalue weighted by Gasteiger charge is 2.33. The molecule has 2 aliphatic rings. The molecule has 0 unspecified atom stereocenters. The second kappa shape index (κ2) is 6.40. The number of amides is 1. The lowest BCUT2D eigenvalue weighted by molar-refractivity contribution is -0.140. The van der Waals surface area contributed by atoms with Crippen molar-refractivity contribution < 1.29 is 18.0 Å². The fourth-order valence-electron chi connectivity index (χ4n) is 3.41. The smallest absolute Gasteiger partial charge is 0.354 e. The zero-order valence-electron chi connectivity index (χ0n) is 14.0. The molecule has 1 amide bonds. The summed E-state index contributed by atoms with van der Waals surface area (Å²) >= 11 is 0. The Kier molecular flexibility index (Phi) is 4.20. The summed E-state index contributed by atoms with van der Waals surface area (Å²) in [4.78, 5) is 27.1. The zero-order valence-corrected chi connectivity index (χ0v) is 14.0. The molecule has 2 aromatic heterocycles. The monoisotopic (exact) mass is 368 g/mol. The van der Waals surface area contributed by atoms with Gasteiger partial charge in [0.2, 0.25) is 5.91 Å². The van der Waals surface area contributed by atoms with Gasteiger partial charge in [0.25, 0.3) is 0 Å². The third kappa shape index (κ3) is 3.45. The van der Waals surface area contributed by atoms with Crippen molar-refractivity contribution in [2.45, 2.75) is 37.9 Å². The topological polar surface area (TPSA) is 75.9 Å². The Labute approximate surface area is 147 Å². The summed E-state index contributed by atoms with van der Waals surface area (Å²) < 4.78 is 39.0. The van der Waals surface area contributed by atoms with Gasteiger partial charge in [-0.15, -0.1) is 0 Å². The van der Waals surface area contributed by atoms with E-state index in [1.54, 1.807) is 6.33 Å². The van der Waals surface area contributed by atoms with E-state index in [1.165, 1.54) is 6.33 Å². The number of aromatic nitrogens is 4. The van der Waals surface area contributed by atoms with Gasteiger partial charge in [-0.25, -0.2) is 15.0 Å². The Bertz CT molecular complexity index is 816. The van der Waals surface area contributed by atoms with Crippen molar-refractivity contribution >= 4 is 22.9 Å². The maximum absolute atomic E-state index is 12.3. The van der Waals surface area contributed by atoms with Crippen LogP contribution in [-0.4, -0.2) is 51.2 Å². The highest BCUT2D eigenvalue weighted by Crippen LogP contribution is 2.37. The van der Waals surface area contributed by atoms with E-state index >= 15 is 0 Å². The summed E-state index contributed by atoms with van der Waals surface area (Å²) in [6.45, 7) is -0.288. The third-order valence-corrected chi connectivity index (χ3v) is 4.83.